The summed E-state index contributed by atoms with van der Waals surface area (Å²) < 4.78 is 0. The fourth-order valence-electron chi connectivity index (χ4n) is 1.17. The Kier molecular flexibility index (Phi) is 4.35. The highest BCUT2D eigenvalue weighted by Crippen LogP contribution is 2.21. The highest BCUT2D eigenvalue weighted by atomic mass is 35.5. The smallest absolute Gasteiger partial charge is 0.245 e. The molecule has 1 aromatic heterocycles. The molecule has 1 rings (SSSR count). The van der Waals surface area contributed by atoms with Crippen LogP contribution in [0.15, 0.2) is 0 Å². The summed E-state index contributed by atoms with van der Waals surface area (Å²) in [6.45, 7) is 5.82. The van der Waals surface area contributed by atoms with E-state index in [1.54, 1.807) is 0 Å². The maximum atomic E-state index is 5.87. The van der Waals surface area contributed by atoms with Gasteiger partial charge in [0, 0.05) is 13.1 Å². The normalized spacial score (nSPS) is 10.3. The first kappa shape index (κ1) is 11.5. The predicted molar refractivity (Wildman–Crippen MR) is 58.0 cm³/mol. The third-order valence-electron chi connectivity index (χ3n) is 1.78. The predicted octanol–water partition coefficient (Wildman–Crippen LogP) is 2.41. The van der Waals surface area contributed by atoms with Gasteiger partial charge in [-0.05, 0) is 24.9 Å². The Labute approximate surface area is 93.2 Å². The first-order chi connectivity index (χ1) is 6.69. The summed E-state index contributed by atoms with van der Waals surface area (Å²) in [6.07, 6.45) is 1.02. The van der Waals surface area contributed by atoms with Crippen LogP contribution in [0.25, 0.3) is 0 Å². The Hall–Kier alpha value is -0.610. The van der Waals surface area contributed by atoms with Gasteiger partial charge >= 0.3 is 0 Å². The maximum absolute atomic E-state index is 5.87. The van der Waals surface area contributed by atoms with Crippen molar-refractivity contribution in [1.82, 2.24) is 15.2 Å². The van der Waals surface area contributed by atoms with Crippen molar-refractivity contribution in [3.63, 3.8) is 0 Å². The van der Waals surface area contributed by atoms with Gasteiger partial charge in [-0.1, -0.05) is 18.5 Å². The molecular formula is C8H12Cl2N4. The van der Waals surface area contributed by atoms with E-state index in [9.17, 15) is 0 Å². The lowest BCUT2D eigenvalue weighted by atomic mass is 10.4. The van der Waals surface area contributed by atoms with Crippen molar-refractivity contribution in [2.75, 3.05) is 18.0 Å². The van der Waals surface area contributed by atoms with Crippen LogP contribution in [0, 0.1) is 0 Å². The van der Waals surface area contributed by atoms with E-state index >= 15 is 0 Å². The van der Waals surface area contributed by atoms with Crippen LogP contribution in [0.5, 0.6) is 0 Å². The summed E-state index contributed by atoms with van der Waals surface area (Å²) in [5.74, 6) is 0.607. The lowest BCUT2D eigenvalue weighted by Gasteiger charge is -2.21. The number of halogens is 2. The van der Waals surface area contributed by atoms with Crippen LogP contribution in [-0.4, -0.2) is 28.3 Å². The van der Waals surface area contributed by atoms with Crippen molar-refractivity contribution >= 4 is 29.0 Å². The molecule has 4 nitrogen and oxygen atoms in total. The molecule has 0 bridgehead atoms. The lowest BCUT2D eigenvalue weighted by Crippen LogP contribution is -2.25. The molecule has 0 saturated carbocycles. The molecule has 14 heavy (non-hydrogen) atoms. The molecule has 1 aromatic rings. The molecule has 0 N–H and O–H groups in total. The first-order valence-electron chi connectivity index (χ1n) is 4.49. The Morgan fingerprint density at radius 1 is 1.21 bits per heavy atom. The molecule has 0 saturated heterocycles. The number of anilines is 1. The van der Waals surface area contributed by atoms with Crippen molar-refractivity contribution < 1.29 is 0 Å². The van der Waals surface area contributed by atoms with E-state index in [4.69, 9.17) is 23.2 Å². The molecule has 0 spiro atoms. The van der Waals surface area contributed by atoms with Gasteiger partial charge in [0.25, 0.3) is 0 Å². The minimum absolute atomic E-state index is 0.124. The largest absolute Gasteiger partial charge is 0.354 e. The minimum Gasteiger partial charge on any atom is -0.354 e. The zero-order chi connectivity index (χ0) is 10.6. The fourth-order valence-corrected chi connectivity index (χ4v) is 1.49. The Morgan fingerprint density at radius 2 is 1.93 bits per heavy atom. The number of hydrogen-bond acceptors (Lipinski definition) is 4. The van der Waals surface area contributed by atoms with Gasteiger partial charge in [-0.15, -0.1) is 10.2 Å². The summed E-state index contributed by atoms with van der Waals surface area (Å²) in [4.78, 5) is 6.07. The van der Waals surface area contributed by atoms with Crippen molar-refractivity contribution in [3.8, 4) is 0 Å². The van der Waals surface area contributed by atoms with E-state index in [0.717, 1.165) is 19.5 Å². The second kappa shape index (κ2) is 5.32. The van der Waals surface area contributed by atoms with Crippen molar-refractivity contribution in [3.05, 3.63) is 10.4 Å². The van der Waals surface area contributed by atoms with Gasteiger partial charge < -0.3 is 4.90 Å². The molecular weight excluding hydrogens is 223 g/mol. The molecule has 1 heterocycles. The highest BCUT2D eigenvalue weighted by Gasteiger charge is 2.12. The molecule has 6 heteroatoms. The third kappa shape index (κ3) is 2.69. The molecule has 0 radical (unpaired) electrons. The van der Waals surface area contributed by atoms with E-state index < -0.39 is 0 Å². The monoisotopic (exact) mass is 234 g/mol. The van der Waals surface area contributed by atoms with Gasteiger partial charge in [-0.3, -0.25) is 0 Å². The number of nitrogens with zero attached hydrogens (tertiary/aromatic N) is 4. The van der Waals surface area contributed by atoms with Crippen molar-refractivity contribution in [1.29, 1.82) is 0 Å². The number of aromatic nitrogens is 3. The SMILES string of the molecule is CCCN(CC)c1nc(Cl)nnc1Cl. The molecule has 78 valence electrons. The van der Waals surface area contributed by atoms with Crippen LogP contribution in [0.1, 0.15) is 20.3 Å². The third-order valence-corrected chi connectivity index (χ3v) is 2.18. The Morgan fingerprint density at radius 3 is 2.50 bits per heavy atom. The summed E-state index contributed by atoms with van der Waals surface area (Å²) in [5.41, 5.74) is 0. The highest BCUT2D eigenvalue weighted by molar-refractivity contribution is 6.32. The quantitative estimate of drug-likeness (QED) is 0.803. The van der Waals surface area contributed by atoms with Gasteiger partial charge in [0.1, 0.15) is 0 Å². The van der Waals surface area contributed by atoms with Crippen LogP contribution >= 0.6 is 23.2 Å². The van der Waals surface area contributed by atoms with Crippen LogP contribution < -0.4 is 4.90 Å². The summed E-state index contributed by atoms with van der Waals surface area (Å²) >= 11 is 11.5. The summed E-state index contributed by atoms with van der Waals surface area (Å²) in [5, 5.41) is 7.69. The average Bonchev–Trinajstić information content (AvgIpc) is 2.18. The molecule has 0 atom stereocenters. The van der Waals surface area contributed by atoms with E-state index in [0.29, 0.717) is 11.0 Å². The topological polar surface area (TPSA) is 41.9 Å². The molecule has 0 aliphatic heterocycles. The van der Waals surface area contributed by atoms with Gasteiger partial charge in [0.05, 0.1) is 0 Å². The van der Waals surface area contributed by atoms with Gasteiger partial charge in [-0.25, -0.2) is 0 Å². The fraction of sp³-hybridized carbons (Fsp3) is 0.625. The Bertz CT molecular complexity index is 305. The average molecular weight is 235 g/mol. The van der Waals surface area contributed by atoms with Gasteiger partial charge in [0.2, 0.25) is 5.28 Å². The summed E-state index contributed by atoms with van der Waals surface area (Å²) in [7, 11) is 0. The minimum atomic E-state index is 0.124. The molecule has 0 aliphatic carbocycles. The molecule has 0 aromatic carbocycles. The standard InChI is InChI=1S/C8H12Cl2N4/c1-3-5-14(4-2)7-6(9)12-13-8(10)11-7/h3-5H2,1-2H3. The maximum Gasteiger partial charge on any atom is 0.245 e. The second-order valence-electron chi connectivity index (χ2n) is 2.77. The van der Waals surface area contributed by atoms with E-state index in [-0.39, 0.29) is 5.28 Å². The summed E-state index contributed by atoms with van der Waals surface area (Å²) in [6, 6.07) is 0. The molecule has 0 aliphatic rings. The number of hydrogen-bond donors (Lipinski definition) is 0. The second-order valence-corrected chi connectivity index (χ2v) is 3.47. The van der Waals surface area contributed by atoms with E-state index in [1.165, 1.54) is 0 Å². The molecule has 0 amide bonds. The molecule has 0 unspecified atom stereocenters. The van der Waals surface area contributed by atoms with Gasteiger partial charge in [0.15, 0.2) is 11.0 Å². The Balaban J connectivity index is 2.96. The lowest BCUT2D eigenvalue weighted by molar-refractivity contribution is 0.767. The number of rotatable bonds is 4. The molecule has 0 fully saturated rings. The van der Waals surface area contributed by atoms with E-state index in [2.05, 4.69) is 22.1 Å². The van der Waals surface area contributed by atoms with Crippen LogP contribution in [0.4, 0.5) is 5.82 Å². The van der Waals surface area contributed by atoms with Gasteiger partial charge in [-0.2, -0.15) is 4.98 Å². The van der Waals surface area contributed by atoms with Crippen LogP contribution in [0.2, 0.25) is 10.4 Å². The first-order valence-corrected chi connectivity index (χ1v) is 5.25. The zero-order valence-electron chi connectivity index (χ0n) is 8.17. The van der Waals surface area contributed by atoms with Crippen molar-refractivity contribution in [2.45, 2.75) is 20.3 Å². The van der Waals surface area contributed by atoms with Crippen LogP contribution in [0.3, 0.4) is 0 Å². The zero-order valence-corrected chi connectivity index (χ0v) is 9.68. The van der Waals surface area contributed by atoms with Crippen LogP contribution in [-0.2, 0) is 0 Å². The van der Waals surface area contributed by atoms with Crippen molar-refractivity contribution in [2.24, 2.45) is 0 Å². The van der Waals surface area contributed by atoms with E-state index in [1.807, 2.05) is 11.8 Å².